The number of rotatable bonds is 3. The second kappa shape index (κ2) is 4.99. The maximum atomic E-state index is 11.9. The van der Waals surface area contributed by atoms with Gasteiger partial charge in [-0.2, -0.15) is 12.6 Å². The van der Waals surface area contributed by atoms with Gasteiger partial charge in [0.15, 0.2) is 0 Å². The lowest BCUT2D eigenvalue weighted by Crippen LogP contribution is -2.25. The Labute approximate surface area is 99.3 Å². The number of thiol groups is 1. The summed E-state index contributed by atoms with van der Waals surface area (Å²) in [6.07, 6.45) is 3.45. The molecule has 4 heteroatoms. The minimum Gasteiger partial charge on any atom is -0.351 e. The molecule has 0 radical (unpaired) electrons. The highest BCUT2D eigenvalue weighted by molar-refractivity contribution is 7.80. The molecule has 2 aromatic rings. The topological polar surface area (TPSA) is 42.0 Å². The molecule has 0 unspecified atom stereocenters. The number of fused-ring (bicyclic) bond motifs is 1. The van der Waals surface area contributed by atoms with Crippen LogP contribution in [0.3, 0.4) is 0 Å². The third-order valence-electron chi connectivity index (χ3n) is 2.32. The normalized spacial score (nSPS) is 10.3. The summed E-state index contributed by atoms with van der Waals surface area (Å²) in [4.78, 5) is 15.9. The number of nitrogens with zero attached hydrogens (tertiary/aromatic N) is 1. The highest BCUT2D eigenvalue weighted by Crippen LogP contribution is 2.17. The fourth-order valence-electron chi connectivity index (χ4n) is 1.59. The SMILES string of the molecule is O=C(NCCS)c1cccc2cnccc12. The predicted octanol–water partition coefficient (Wildman–Crippen LogP) is 1.89. The van der Waals surface area contributed by atoms with Gasteiger partial charge in [-0.25, -0.2) is 0 Å². The standard InChI is InChI=1S/C12H12N2OS/c15-12(14-6-7-16)11-3-1-2-9-8-13-5-4-10(9)11/h1-5,8,16H,6-7H2,(H,14,15). The molecule has 1 N–H and O–H groups in total. The maximum Gasteiger partial charge on any atom is 0.251 e. The average Bonchev–Trinajstić information content (AvgIpc) is 2.35. The molecule has 0 atom stereocenters. The van der Waals surface area contributed by atoms with Crippen molar-refractivity contribution in [2.45, 2.75) is 0 Å². The van der Waals surface area contributed by atoms with Gasteiger partial charge in [-0.3, -0.25) is 9.78 Å². The van der Waals surface area contributed by atoms with Crippen LogP contribution in [0.2, 0.25) is 0 Å². The highest BCUT2D eigenvalue weighted by atomic mass is 32.1. The minimum atomic E-state index is -0.0640. The number of benzene rings is 1. The minimum absolute atomic E-state index is 0.0640. The zero-order valence-corrected chi connectivity index (χ0v) is 9.58. The van der Waals surface area contributed by atoms with Crippen molar-refractivity contribution in [3.05, 3.63) is 42.2 Å². The highest BCUT2D eigenvalue weighted by Gasteiger charge is 2.08. The molecule has 1 aromatic carbocycles. The van der Waals surface area contributed by atoms with E-state index in [1.807, 2.05) is 24.3 Å². The van der Waals surface area contributed by atoms with E-state index in [1.54, 1.807) is 12.4 Å². The molecule has 3 nitrogen and oxygen atoms in total. The monoisotopic (exact) mass is 232 g/mol. The predicted molar refractivity (Wildman–Crippen MR) is 67.9 cm³/mol. The van der Waals surface area contributed by atoms with Crippen LogP contribution in [0.5, 0.6) is 0 Å². The van der Waals surface area contributed by atoms with Gasteiger partial charge in [-0.15, -0.1) is 0 Å². The molecule has 0 aliphatic rings. The maximum absolute atomic E-state index is 11.9. The second-order valence-electron chi connectivity index (χ2n) is 3.38. The van der Waals surface area contributed by atoms with Crippen LogP contribution in [0.25, 0.3) is 10.8 Å². The molecule has 1 aromatic heterocycles. The van der Waals surface area contributed by atoms with Gasteiger partial charge in [0.1, 0.15) is 0 Å². The van der Waals surface area contributed by atoms with Crippen molar-refractivity contribution in [2.75, 3.05) is 12.3 Å². The number of amides is 1. The molecule has 16 heavy (non-hydrogen) atoms. The Morgan fingerprint density at radius 3 is 3.06 bits per heavy atom. The van der Waals surface area contributed by atoms with Crippen LogP contribution < -0.4 is 5.32 Å². The van der Waals surface area contributed by atoms with Gasteiger partial charge >= 0.3 is 0 Å². The second-order valence-corrected chi connectivity index (χ2v) is 3.83. The Bertz CT molecular complexity index is 508. The Morgan fingerprint density at radius 2 is 2.25 bits per heavy atom. The Kier molecular flexibility index (Phi) is 3.41. The first-order chi connectivity index (χ1) is 7.83. The van der Waals surface area contributed by atoms with Crippen LogP contribution in [0, 0.1) is 0 Å². The summed E-state index contributed by atoms with van der Waals surface area (Å²) in [5.41, 5.74) is 0.682. The number of nitrogens with one attached hydrogen (secondary N) is 1. The molecule has 82 valence electrons. The Hall–Kier alpha value is -1.55. The number of carbonyl (C=O) groups is 1. The first-order valence-electron chi connectivity index (χ1n) is 5.05. The molecule has 0 aliphatic carbocycles. The fourth-order valence-corrected chi connectivity index (χ4v) is 1.70. The molecule has 2 rings (SSSR count). The lowest BCUT2D eigenvalue weighted by molar-refractivity contribution is 0.0958. The summed E-state index contributed by atoms with van der Waals surface area (Å²) < 4.78 is 0. The molecule has 0 aliphatic heterocycles. The third-order valence-corrected chi connectivity index (χ3v) is 2.55. The van der Waals surface area contributed by atoms with Crippen LogP contribution in [0.15, 0.2) is 36.7 Å². The van der Waals surface area contributed by atoms with Crippen LogP contribution in [-0.4, -0.2) is 23.2 Å². The molecule has 0 fully saturated rings. The van der Waals surface area contributed by atoms with Gasteiger partial charge in [0, 0.05) is 35.6 Å². The fraction of sp³-hybridized carbons (Fsp3) is 0.167. The third kappa shape index (κ3) is 2.17. The van der Waals surface area contributed by atoms with Crippen LogP contribution in [0.1, 0.15) is 10.4 Å². The zero-order valence-electron chi connectivity index (χ0n) is 8.68. The van der Waals surface area contributed by atoms with Crippen molar-refractivity contribution in [1.29, 1.82) is 0 Å². The van der Waals surface area contributed by atoms with Crippen molar-refractivity contribution in [3.63, 3.8) is 0 Å². The summed E-state index contributed by atoms with van der Waals surface area (Å²) in [5, 5.41) is 4.70. The van der Waals surface area contributed by atoms with Crippen molar-refractivity contribution in [1.82, 2.24) is 10.3 Å². The van der Waals surface area contributed by atoms with Crippen molar-refractivity contribution < 1.29 is 4.79 Å². The van der Waals surface area contributed by atoms with E-state index in [4.69, 9.17) is 0 Å². The number of carbonyl (C=O) groups excluding carboxylic acids is 1. The molecule has 0 bridgehead atoms. The number of pyridine rings is 1. The van der Waals surface area contributed by atoms with E-state index in [-0.39, 0.29) is 5.91 Å². The Balaban J connectivity index is 2.40. The van der Waals surface area contributed by atoms with E-state index in [0.717, 1.165) is 10.8 Å². The lowest BCUT2D eigenvalue weighted by atomic mass is 10.1. The largest absolute Gasteiger partial charge is 0.351 e. The zero-order chi connectivity index (χ0) is 11.4. The van der Waals surface area contributed by atoms with E-state index in [1.165, 1.54) is 0 Å². The summed E-state index contributed by atoms with van der Waals surface area (Å²) >= 11 is 4.06. The quantitative estimate of drug-likeness (QED) is 0.794. The smallest absolute Gasteiger partial charge is 0.251 e. The van der Waals surface area contributed by atoms with Crippen molar-refractivity contribution >= 4 is 29.3 Å². The van der Waals surface area contributed by atoms with Crippen LogP contribution >= 0.6 is 12.6 Å². The van der Waals surface area contributed by atoms with Gasteiger partial charge in [-0.05, 0) is 17.5 Å². The molecule has 0 spiro atoms. The van der Waals surface area contributed by atoms with E-state index in [2.05, 4.69) is 22.9 Å². The molecular weight excluding hydrogens is 220 g/mol. The number of hydrogen-bond acceptors (Lipinski definition) is 3. The molecule has 0 saturated heterocycles. The van der Waals surface area contributed by atoms with Crippen molar-refractivity contribution in [3.8, 4) is 0 Å². The molecule has 0 saturated carbocycles. The molecular formula is C12H12N2OS. The lowest BCUT2D eigenvalue weighted by Gasteiger charge is -2.06. The number of hydrogen-bond donors (Lipinski definition) is 2. The summed E-state index contributed by atoms with van der Waals surface area (Å²) in [5.74, 6) is 0.573. The average molecular weight is 232 g/mol. The first kappa shape index (κ1) is 11.0. The van der Waals surface area contributed by atoms with Crippen molar-refractivity contribution in [2.24, 2.45) is 0 Å². The van der Waals surface area contributed by atoms with Crippen LogP contribution in [0.4, 0.5) is 0 Å². The van der Waals surface area contributed by atoms with Gasteiger partial charge in [0.2, 0.25) is 0 Å². The summed E-state index contributed by atoms with van der Waals surface area (Å²) in [6, 6.07) is 7.47. The molecule has 1 heterocycles. The first-order valence-corrected chi connectivity index (χ1v) is 5.68. The van der Waals surface area contributed by atoms with E-state index >= 15 is 0 Å². The van der Waals surface area contributed by atoms with Gasteiger partial charge in [0.25, 0.3) is 5.91 Å². The van der Waals surface area contributed by atoms with Gasteiger partial charge in [0.05, 0.1) is 0 Å². The summed E-state index contributed by atoms with van der Waals surface area (Å²) in [6.45, 7) is 0.573. The van der Waals surface area contributed by atoms with E-state index in [9.17, 15) is 4.79 Å². The Morgan fingerprint density at radius 1 is 1.38 bits per heavy atom. The summed E-state index contributed by atoms with van der Waals surface area (Å²) in [7, 11) is 0. The molecule has 1 amide bonds. The van der Waals surface area contributed by atoms with Crippen LogP contribution in [-0.2, 0) is 0 Å². The van der Waals surface area contributed by atoms with Gasteiger partial charge < -0.3 is 5.32 Å². The number of aromatic nitrogens is 1. The van der Waals surface area contributed by atoms with E-state index < -0.39 is 0 Å². The van der Waals surface area contributed by atoms with Gasteiger partial charge in [-0.1, -0.05) is 12.1 Å². The van der Waals surface area contributed by atoms with E-state index in [0.29, 0.717) is 17.9 Å².